The molecule has 0 bridgehead atoms. The molecule has 0 spiro atoms. The lowest BCUT2D eigenvalue weighted by Gasteiger charge is -2.07. The number of nitrogens with one attached hydrogen (secondary N) is 2. The first kappa shape index (κ1) is 13.0. The Morgan fingerprint density at radius 2 is 2.00 bits per heavy atom. The molecule has 1 heterocycles. The van der Waals surface area contributed by atoms with Crippen molar-refractivity contribution in [2.24, 2.45) is 0 Å². The van der Waals surface area contributed by atoms with E-state index in [0.717, 1.165) is 5.56 Å². The maximum atomic E-state index is 12.0. The minimum atomic E-state index is -0.198. The van der Waals surface area contributed by atoms with Crippen LogP contribution >= 0.6 is 0 Å². The number of aliphatic hydroxyl groups is 1. The van der Waals surface area contributed by atoms with Gasteiger partial charge in [0.05, 0.1) is 6.61 Å². The molecule has 1 amide bonds. The van der Waals surface area contributed by atoms with Crippen LogP contribution in [-0.4, -0.2) is 23.0 Å². The predicted octanol–water partition coefficient (Wildman–Crippen LogP) is 1.87. The van der Waals surface area contributed by atoms with E-state index in [4.69, 9.17) is 5.11 Å². The van der Waals surface area contributed by atoms with Crippen LogP contribution in [0.25, 0.3) is 0 Å². The van der Waals surface area contributed by atoms with Gasteiger partial charge >= 0.3 is 0 Å². The average Bonchev–Trinajstić information content (AvgIpc) is 2.48. The molecule has 0 atom stereocenters. The highest BCUT2D eigenvalue weighted by molar-refractivity contribution is 6.04. The van der Waals surface area contributed by atoms with Crippen LogP contribution in [0.15, 0.2) is 42.6 Å². The van der Waals surface area contributed by atoms with E-state index >= 15 is 0 Å². The molecule has 0 aliphatic carbocycles. The van der Waals surface area contributed by atoms with Crippen LogP contribution in [0.2, 0.25) is 0 Å². The lowest BCUT2D eigenvalue weighted by atomic mass is 10.2. The number of pyridine rings is 1. The molecule has 2 rings (SSSR count). The van der Waals surface area contributed by atoms with Crippen molar-refractivity contribution in [2.45, 2.75) is 6.61 Å². The number of aliphatic hydroxyl groups excluding tert-OH is 1. The fourth-order valence-electron chi connectivity index (χ4n) is 1.61. The minimum absolute atomic E-state index is 0.00981. The monoisotopic (exact) mass is 257 g/mol. The highest BCUT2D eigenvalue weighted by atomic mass is 16.3. The lowest BCUT2D eigenvalue weighted by Crippen LogP contribution is -2.12. The van der Waals surface area contributed by atoms with Gasteiger partial charge in [0.25, 0.3) is 5.91 Å². The van der Waals surface area contributed by atoms with Crippen molar-refractivity contribution >= 4 is 17.4 Å². The molecule has 3 N–H and O–H groups in total. The summed E-state index contributed by atoms with van der Waals surface area (Å²) < 4.78 is 0. The third-order valence-electron chi connectivity index (χ3n) is 2.67. The summed E-state index contributed by atoms with van der Waals surface area (Å²) in [6, 6.07) is 10.4. The first-order valence-electron chi connectivity index (χ1n) is 5.88. The second kappa shape index (κ2) is 5.97. The fraction of sp³-hybridized carbons (Fsp3) is 0.143. The number of nitrogens with zero attached hydrogens (tertiary/aromatic N) is 1. The molecule has 98 valence electrons. The number of anilines is 2. The number of benzene rings is 1. The van der Waals surface area contributed by atoms with Crippen LogP contribution in [0.1, 0.15) is 15.9 Å². The Balaban J connectivity index is 2.11. The first-order chi connectivity index (χ1) is 9.22. The third-order valence-corrected chi connectivity index (χ3v) is 2.67. The minimum Gasteiger partial charge on any atom is -0.392 e. The molecule has 0 radical (unpaired) electrons. The lowest BCUT2D eigenvalue weighted by molar-refractivity contribution is 0.102. The summed E-state index contributed by atoms with van der Waals surface area (Å²) in [6.07, 6.45) is 1.58. The highest BCUT2D eigenvalue weighted by Crippen LogP contribution is 2.12. The van der Waals surface area contributed by atoms with Crippen molar-refractivity contribution in [1.29, 1.82) is 0 Å². The maximum Gasteiger partial charge on any atom is 0.255 e. The Kier molecular flexibility index (Phi) is 4.10. The van der Waals surface area contributed by atoms with Gasteiger partial charge in [-0.2, -0.15) is 0 Å². The largest absolute Gasteiger partial charge is 0.392 e. The Morgan fingerprint density at radius 3 is 2.63 bits per heavy atom. The molecule has 0 aliphatic rings. The molecule has 0 unspecified atom stereocenters. The zero-order valence-corrected chi connectivity index (χ0v) is 10.6. The molecule has 5 nitrogen and oxygen atoms in total. The summed E-state index contributed by atoms with van der Waals surface area (Å²) in [5.74, 6) is 0.443. The summed E-state index contributed by atoms with van der Waals surface area (Å²) in [4.78, 5) is 16.1. The van der Waals surface area contributed by atoms with E-state index in [1.165, 1.54) is 0 Å². The van der Waals surface area contributed by atoms with Gasteiger partial charge in [-0.05, 0) is 29.8 Å². The second-order valence-electron chi connectivity index (χ2n) is 3.99. The number of aromatic nitrogens is 1. The van der Waals surface area contributed by atoms with Crippen LogP contribution in [0.5, 0.6) is 0 Å². The number of carbonyl (C=O) groups excluding carboxylic acids is 1. The van der Waals surface area contributed by atoms with Crippen LogP contribution in [0.3, 0.4) is 0 Å². The summed E-state index contributed by atoms with van der Waals surface area (Å²) in [5.41, 5.74) is 2.02. The van der Waals surface area contributed by atoms with Crippen molar-refractivity contribution in [3.8, 4) is 0 Å². The van der Waals surface area contributed by atoms with Crippen LogP contribution in [0, 0.1) is 0 Å². The topological polar surface area (TPSA) is 74.2 Å². The Hall–Kier alpha value is -2.40. The van der Waals surface area contributed by atoms with Crippen LogP contribution in [0.4, 0.5) is 11.5 Å². The van der Waals surface area contributed by atoms with E-state index in [0.29, 0.717) is 17.1 Å². The zero-order chi connectivity index (χ0) is 13.7. The standard InChI is InChI=1S/C14H15N3O2/c1-15-13-8-11(6-7-16-13)14(19)17-12-4-2-10(9-18)3-5-12/h2-8,18H,9H2,1H3,(H,15,16)(H,17,19). The van der Waals surface area contributed by atoms with Gasteiger partial charge in [0.15, 0.2) is 0 Å². The van der Waals surface area contributed by atoms with Crippen LogP contribution < -0.4 is 10.6 Å². The number of rotatable bonds is 4. The van der Waals surface area contributed by atoms with Gasteiger partial charge in [0, 0.05) is 24.5 Å². The molecular weight excluding hydrogens is 242 g/mol. The maximum absolute atomic E-state index is 12.0. The fourth-order valence-corrected chi connectivity index (χ4v) is 1.61. The van der Waals surface area contributed by atoms with E-state index < -0.39 is 0 Å². The first-order valence-corrected chi connectivity index (χ1v) is 5.88. The average molecular weight is 257 g/mol. The van der Waals surface area contributed by atoms with Gasteiger partial charge in [-0.15, -0.1) is 0 Å². The summed E-state index contributed by atoms with van der Waals surface area (Å²) in [5, 5.41) is 14.6. The predicted molar refractivity (Wildman–Crippen MR) is 74.1 cm³/mol. The molecule has 1 aromatic carbocycles. The van der Waals surface area contributed by atoms with E-state index in [9.17, 15) is 4.79 Å². The van der Waals surface area contributed by atoms with Crippen molar-refractivity contribution in [3.63, 3.8) is 0 Å². The third kappa shape index (κ3) is 3.29. The molecule has 5 heteroatoms. The molecule has 0 saturated carbocycles. The highest BCUT2D eigenvalue weighted by Gasteiger charge is 2.06. The van der Waals surface area contributed by atoms with Crippen LogP contribution in [-0.2, 0) is 6.61 Å². The number of hydrogen-bond acceptors (Lipinski definition) is 4. The molecule has 0 saturated heterocycles. The van der Waals surface area contributed by atoms with Gasteiger partial charge in [0.1, 0.15) is 5.82 Å². The number of amides is 1. The van der Waals surface area contributed by atoms with Crippen molar-refractivity contribution in [1.82, 2.24) is 4.98 Å². The number of hydrogen-bond donors (Lipinski definition) is 3. The molecule has 2 aromatic rings. The Labute approximate surface area is 111 Å². The van der Waals surface area contributed by atoms with Gasteiger partial charge in [0.2, 0.25) is 0 Å². The van der Waals surface area contributed by atoms with E-state index in [1.807, 2.05) is 0 Å². The van der Waals surface area contributed by atoms with Crippen molar-refractivity contribution < 1.29 is 9.90 Å². The SMILES string of the molecule is CNc1cc(C(=O)Nc2ccc(CO)cc2)ccn1. The van der Waals surface area contributed by atoms with E-state index in [2.05, 4.69) is 15.6 Å². The van der Waals surface area contributed by atoms with Crippen molar-refractivity contribution in [2.75, 3.05) is 17.7 Å². The number of carbonyl (C=O) groups is 1. The molecular formula is C14H15N3O2. The summed E-state index contributed by atoms with van der Waals surface area (Å²) in [7, 11) is 1.75. The zero-order valence-electron chi connectivity index (χ0n) is 10.6. The van der Waals surface area contributed by atoms with E-state index in [-0.39, 0.29) is 12.5 Å². The smallest absolute Gasteiger partial charge is 0.255 e. The van der Waals surface area contributed by atoms with E-state index in [1.54, 1.807) is 49.6 Å². The molecule has 0 fully saturated rings. The quantitative estimate of drug-likeness (QED) is 0.781. The van der Waals surface area contributed by atoms with Gasteiger partial charge in [-0.25, -0.2) is 4.98 Å². The molecule has 0 aliphatic heterocycles. The van der Waals surface area contributed by atoms with Gasteiger partial charge < -0.3 is 15.7 Å². The van der Waals surface area contributed by atoms with Crippen molar-refractivity contribution in [3.05, 3.63) is 53.7 Å². The molecule has 19 heavy (non-hydrogen) atoms. The van der Waals surface area contributed by atoms with Gasteiger partial charge in [-0.1, -0.05) is 12.1 Å². The Bertz CT molecular complexity index is 567. The normalized spacial score (nSPS) is 10.0. The molecule has 1 aromatic heterocycles. The summed E-state index contributed by atoms with van der Waals surface area (Å²) >= 11 is 0. The summed E-state index contributed by atoms with van der Waals surface area (Å²) in [6.45, 7) is -0.00981. The van der Waals surface area contributed by atoms with Gasteiger partial charge in [-0.3, -0.25) is 4.79 Å². The Morgan fingerprint density at radius 1 is 1.26 bits per heavy atom. The second-order valence-corrected chi connectivity index (χ2v) is 3.99.